The van der Waals surface area contributed by atoms with Crippen LogP contribution in [0, 0.1) is 22.7 Å². The molecule has 1 spiro atoms. The lowest BCUT2D eigenvalue weighted by molar-refractivity contribution is -0.163. The highest BCUT2D eigenvalue weighted by molar-refractivity contribution is 7.17. The first-order valence-corrected chi connectivity index (χ1v) is 42.1. The van der Waals surface area contributed by atoms with Crippen molar-refractivity contribution >= 4 is 110 Å². The first kappa shape index (κ1) is 87.9. The zero-order chi connectivity index (χ0) is 85.2. The van der Waals surface area contributed by atoms with Gasteiger partial charge in [-0.3, -0.25) is 38.4 Å². The van der Waals surface area contributed by atoms with Crippen LogP contribution in [0.15, 0.2) is 185 Å². The Morgan fingerprint density at radius 3 is 1.28 bits per heavy atom. The van der Waals surface area contributed by atoms with Crippen LogP contribution in [0.1, 0.15) is 217 Å². The van der Waals surface area contributed by atoms with Gasteiger partial charge in [-0.2, -0.15) is 30.6 Å². The Morgan fingerprint density at radius 1 is 0.492 bits per heavy atom. The van der Waals surface area contributed by atoms with Gasteiger partial charge >= 0.3 is 5.97 Å². The first-order chi connectivity index (χ1) is 56.9. The van der Waals surface area contributed by atoms with Crippen molar-refractivity contribution in [2.75, 3.05) is 72.0 Å². The minimum absolute atomic E-state index is 0.0225. The van der Waals surface area contributed by atoms with E-state index in [-0.39, 0.29) is 56.5 Å². The van der Waals surface area contributed by atoms with Crippen molar-refractivity contribution in [1.82, 2.24) is 30.0 Å². The molecule has 0 unspecified atom stereocenters. The number of unbranched alkanes of at least 4 members (excludes halogenated alkanes) is 4. The quantitative estimate of drug-likeness (QED) is 0.0250. The Bertz CT molecular complexity index is 5240. The number of amides is 8. The number of imide groups is 4. The molecule has 0 fully saturated rings. The summed E-state index contributed by atoms with van der Waals surface area (Å²) in [6, 6.07) is 49.3. The highest BCUT2D eigenvalue weighted by atomic mass is 32.1. The standard InChI is InChI=1S/C34H35N5O4S.C31H37N5O4S.C28H30N2O3/c1-5-7-19-37(20-8-6-2)34-36-30(25-15-11-9-12-16-25)29(44-34)21-27-23(3)28(22-35)33(43)39(32(27)42)38(24(4)40)31(41)26-17-13-10-14-18-26;1-7-9-16-34(17-10-8-2)31-33-27(20(3)4)26(41-31)18-24-21(5)25(19-32)30(40)36(29(24)39)35(22(6)37)28(38)23-14-12-11-13-15-23;1-5-29(6-2)19-13-15-23-25(17-19)32-26-18-20(30(7-3)8-4)14-16-24(26)28(23)22-12-10-9-11-21(22)27(31)33-28/h9-18,21H,5-8,19-20H2,1-4H3;11-15,18,20H,7-10,16-17H2,1-6H3;9-18H,5-8H2,1-4H3/b27-21-;24-18-;. The molecule has 0 atom stereocenters. The molecule has 0 saturated carbocycles. The topological polar surface area (TPSA) is 271 Å². The number of hydrazine groups is 2. The van der Waals surface area contributed by atoms with Crippen molar-refractivity contribution in [3.8, 4) is 34.9 Å². The summed E-state index contributed by atoms with van der Waals surface area (Å²) in [4.78, 5) is 141. The van der Waals surface area contributed by atoms with Gasteiger partial charge < -0.3 is 29.1 Å². The largest absolute Gasteiger partial charge is 0.456 e. The summed E-state index contributed by atoms with van der Waals surface area (Å²) in [7, 11) is 0. The van der Waals surface area contributed by atoms with Gasteiger partial charge in [0.25, 0.3) is 35.4 Å². The third-order valence-electron chi connectivity index (χ3n) is 20.9. The van der Waals surface area contributed by atoms with Gasteiger partial charge in [0, 0.05) is 134 Å². The second-order valence-electron chi connectivity index (χ2n) is 29.0. The number of carbonyl (C=O) groups excluding carboxylic acids is 9. The summed E-state index contributed by atoms with van der Waals surface area (Å²) < 4.78 is 12.8. The number of esters is 1. The van der Waals surface area contributed by atoms with Gasteiger partial charge in [-0.05, 0) is 151 Å². The molecule has 23 nitrogen and oxygen atoms in total. The third-order valence-corrected chi connectivity index (χ3v) is 23.1. The Balaban J connectivity index is 0.000000188. The number of benzene rings is 6. The molecule has 8 amide bonds. The first-order valence-electron chi connectivity index (χ1n) is 40.5. The average Bonchev–Trinajstić information content (AvgIpc) is 1.49. The number of nitriles is 2. The SMILES string of the molecule is CCCCN(CCCC)c1nc(-c2ccccc2)c(/C=C2\C(=O)N(N(C(C)=O)C(=O)c3ccccc3)C(=O)C(C#N)=C2C)s1.CCCCN(CCCC)c1nc(C(C)C)c(/C=C2\C(=O)N(N(C(C)=O)C(=O)c3ccccc3)C(=O)C(C#N)=C2C)s1.CCN(CC)c1ccc2c(c1)Oc1cc(N(CC)CC)ccc1C21OC(=O)c2ccccc21. The van der Waals surface area contributed by atoms with Gasteiger partial charge in [-0.1, -0.05) is 175 Å². The van der Waals surface area contributed by atoms with Crippen molar-refractivity contribution in [3.05, 3.63) is 234 Å². The minimum atomic E-state index is -1.04. The van der Waals surface area contributed by atoms with E-state index in [1.165, 1.54) is 60.8 Å². The highest BCUT2D eigenvalue weighted by Crippen LogP contribution is 2.57. The van der Waals surface area contributed by atoms with Crippen LogP contribution in [-0.2, 0) is 39.1 Å². The van der Waals surface area contributed by atoms with Gasteiger partial charge in [-0.25, -0.2) is 14.8 Å². The van der Waals surface area contributed by atoms with E-state index in [4.69, 9.17) is 19.4 Å². The maximum atomic E-state index is 14.1. The summed E-state index contributed by atoms with van der Waals surface area (Å²) in [5.74, 6) is -5.98. The molecule has 0 saturated heterocycles. The number of fused-ring (bicyclic) bond motifs is 6. The second kappa shape index (κ2) is 39.9. The summed E-state index contributed by atoms with van der Waals surface area (Å²) in [6.07, 6.45) is 11.5. The number of anilines is 4. The van der Waals surface area contributed by atoms with E-state index >= 15 is 0 Å². The van der Waals surface area contributed by atoms with Crippen molar-refractivity contribution in [3.63, 3.8) is 0 Å². The molecule has 25 heteroatoms. The molecule has 12 rings (SSSR count). The lowest BCUT2D eigenvalue weighted by Gasteiger charge is -2.37. The van der Waals surface area contributed by atoms with Gasteiger partial charge in [0.05, 0.1) is 26.7 Å². The van der Waals surface area contributed by atoms with Crippen LogP contribution in [0.5, 0.6) is 11.5 Å². The number of carbonyl (C=O) groups is 9. The Morgan fingerprint density at radius 2 is 0.881 bits per heavy atom. The summed E-state index contributed by atoms with van der Waals surface area (Å²) in [5.41, 5.74) is 6.67. The van der Waals surface area contributed by atoms with Crippen LogP contribution in [0.25, 0.3) is 23.4 Å². The number of nitrogens with zero attached hydrogens (tertiary/aromatic N) is 12. The molecule has 0 N–H and O–H groups in total. The molecule has 8 aromatic rings. The molecular formula is C93H102N12O11S2. The fourth-order valence-electron chi connectivity index (χ4n) is 14.5. The Kier molecular flexibility index (Phi) is 29.8. The molecule has 4 aliphatic heterocycles. The van der Waals surface area contributed by atoms with Gasteiger partial charge in [0.15, 0.2) is 15.9 Å². The molecule has 2 aromatic heterocycles. The molecular weight excluding hydrogens is 1530 g/mol. The van der Waals surface area contributed by atoms with Gasteiger partial charge in [-0.15, -0.1) is 0 Å². The van der Waals surface area contributed by atoms with E-state index in [1.54, 1.807) is 48.6 Å². The van der Waals surface area contributed by atoms with E-state index in [2.05, 4.69) is 111 Å². The van der Waals surface area contributed by atoms with Crippen LogP contribution in [0.3, 0.4) is 0 Å². The molecule has 118 heavy (non-hydrogen) atoms. The number of thiazole rings is 2. The van der Waals surface area contributed by atoms with E-state index in [0.717, 1.165) is 184 Å². The minimum Gasteiger partial charge on any atom is -0.456 e. The van der Waals surface area contributed by atoms with E-state index in [0.29, 0.717) is 36.2 Å². The van der Waals surface area contributed by atoms with Gasteiger partial charge in [0.1, 0.15) is 34.8 Å². The van der Waals surface area contributed by atoms with E-state index < -0.39 is 52.9 Å². The normalized spacial score (nSPS) is 14.5. The predicted octanol–water partition coefficient (Wildman–Crippen LogP) is 18.2. The van der Waals surface area contributed by atoms with Crippen molar-refractivity contribution in [1.29, 1.82) is 10.5 Å². The fraction of sp³-hybridized carbons (Fsp3) is 0.344. The number of hydrogen-bond acceptors (Lipinski definition) is 21. The zero-order valence-corrected chi connectivity index (χ0v) is 71.3. The Hall–Kier alpha value is -12.5. The predicted molar refractivity (Wildman–Crippen MR) is 463 cm³/mol. The number of aromatic nitrogens is 2. The third kappa shape index (κ3) is 18.4. The van der Waals surface area contributed by atoms with Crippen molar-refractivity contribution in [2.45, 2.75) is 160 Å². The van der Waals surface area contributed by atoms with E-state index in [1.807, 2.05) is 80.6 Å². The molecule has 4 aliphatic rings. The van der Waals surface area contributed by atoms with Crippen LogP contribution < -0.4 is 24.3 Å². The number of rotatable bonds is 28. The monoisotopic (exact) mass is 1630 g/mol. The van der Waals surface area contributed by atoms with Crippen molar-refractivity contribution < 1.29 is 52.6 Å². The molecule has 612 valence electrons. The lowest BCUT2D eigenvalue weighted by atomic mass is 9.77. The van der Waals surface area contributed by atoms with Crippen LogP contribution in [0.4, 0.5) is 21.6 Å². The zero-order valence-electron chi connectivity index (χ0n) is 69.7. The highest BCUT2D eigenvalue weighted by Gasteiger charge is 2.54. The Labute approximate surface area is 699 Å². The van der Waals surface area contributed by atoms with Crippen LogP contribution in [-0.4, -0.2) is 136 Å². The fourth-order valence-corrected chi connectivity index (χ4v) is 16.8. The summed E-state index contributed by atoms with van der Waals surface area (Å²) in [6.45, 7) is 33.4. The molecule has 0 aliphatic carbocycles. The molecule has 6 heterocycles. The number of hydrogen-bond donors (Lipinski definition) is 0. The smallest absolute Gasteiger partial charge is 0.340 e. The maximum absolute atomic E-state index is 14.1. The lowest BCUT2D eigenvalue weighted by Crippen LogP contribution is -2.57. The molecule has 0 radical (unpaired) electrons. The summed E-state index contributed by atoms with van der Waals surface area (Å²) >= 11 is 2.87. The molecule has 6 aromatic carbocycles. The van der Waals surface area contributed by atoms with E-state index in [9.17, 15) is 53.7 Å². The number of ether oxygens (including phenoxy) is 2. The summed E-state index contributed by atoms with van der Waals surface area (Å²) in [5, 5.41) is 23.5. The van der Waals surface area contributed by atoms with Crippen LogP contribution >= 0.6 is 22.7 Å². The average molecular weight is 1630 g/mol. The van der Waals surface area contributed by atoms with Gasteiger partial charge in [0.2, 0.25) is 11.8 Å². The molecule has 0 bridgehead atoms. The van der Waals surface area contributed by atoms with Crippen LogP contribution in [0.2, 0.25) is 0 Å². The second-order valence-corrected chi connectivity index (χ2v) is 31.0. The maximum Gasteiger partial charge on any atom is 0.340 e. The van der Waals surface area contributed by atoms with Crippen molar-refractivity contribution in [2.24, 2.45) is 0 Å².